The first-order valence-corrected chi connectivity index (χ1v) is 7.91. The quantitative estimate of drug-likeness (QED) is 0.888. The highest BCUT2D eigenvalue weighted by Crippen LogP contribution is 2.32. The van der Waals surface area contributed by atoms with E-state index in [0.29, 0.717) is 17.7 Å². The Bertz CT molecular complexity index is 863. The maximum absolute atomic E-state index is 12.6. The third-order valence-electron chi connectivity index (χ3n) is 4.12. The highest BCUT2D eigenvalue weighted by molar-refractivity contribution is 5.93. The summed E-state index contributed by atoms with van der Waals surface area (Å²) >= 11 is 0. The number of nitrogens with one attached hydrogen (secondary N) is 2. The van der Waals surface area contributed by atoms with Crippen molar-refractivity contribution in [3.05, 3.63) is 39.8 Å². The van der Waals surface area contributed by atoms with Gasteiger partial charge in [0.2, 0.25) is 11.9 Å². The summed E-state index contributed by atoms with van der Waals surface area (Å²) in [6.45, 7) is 5.42. The Morgan fingerprint density at radius 2 is 2.04 bits per heavy atom. The van der Waals surface area contributed by atoms with Crippen LogP contribution in [0.25, 0.3) is 11.1 Å². The Morgan fingerprint density at radius 3 is 2.71 bits per heavy atom. The highest BCUT2D eigenvalue weighted by Gasteiger charge is 2.25. The van der Waals surface area contributed by atoms with Crippen LogP contribution in [0, 0.1) is 5.41 Å². The summed E-state index contributed by atoms with van der Waals surface area (Å²) in [6, 6.07) is 5.67. The monoisotopic (exact) mass is 327 g/mol. The number of anilines is 1. The average molecular weight is 327 g/mol. The number of amides is 1. The molecule has 1 aromatic carbocycles. The van der Waals surface area contributed by atoms with Crippen molar-refractivity contribution in [2.24, 2.45) is 5.41 Å². The molecule has 0 spiro atoms. The number of hydrogen-bond donors (Lipinski definition) is 2. The van der Waals surface area contributed by atoms with Gasteiger partial charge >= 0.3 is 0 Å². The van der Waals surface area contributed by atoms with E-state index in [9.17, 15) is 9.59 Å². The fourth-order valence-electron chi connectivity index (χ4n) is 2.73. The summed E-state index contributed by atoms with van der Waals surface area (Å²) in [5, 5.41) is 2.69. The Balaban J connectivity index is 2.02. The van der Waals surface area contributed by atoms with Gasteiger partial charge in [0.1, 0.15) is 5.75 Å². The minimum Gasteiger partial charge on any atom is -0.497 e. The normalized spacial score (nSPS) is 13.0. The maximum atomic E-state index is 12.6. The van der Waals surface area contributed by atoms with E-state index >= 15 is 0 Å². The van der Waals surface area contributed by atoms with E-state index in [1.54, 1.807) is 7.11 Å². The molecule has 1 aliphatic rings. The van der Waals surface area contributed by atoms with E-state index in [4.69, 9.17) is 4.74 Å². The van der Waals surface area contributed by atoms with E-state index in [2.05, 4.69) is 15.3 Å². The smallest absolute Gasteiger partial charge is 0.260 e. The first kappa shape index (κ1) is 16.2. The van der Waals surface area contributed by atoms with E-state index < -0.39 is 5.41 Å². The molecule has 2 aromatic rings. The number of benzene rings is 1. The van der Waals surface area contributed by atoms with Crippen LogP contribution in [-0.2, 0) is 17.6 Å². The summed E-state index contributed by atoms with van der Waals surface area (Å²) in [5.41, 5.74) is 2.43. The van der Waals surface area contributed by atoms with Crippen molar-refractivity contribution < 1.29 is 9.53 Å². The third-order valence-corrected chi connectivity index (χ3v) is 4.12. The summed E-state index contributed by atoms with van der Waals surface area (Å²) < 4.78 is 5.24. The molecule has 1 amide bonds. The van der Waals surface area contributed by atoms with Crippen molar-refractivity contribution in [3.8, 4) is 16.9 Å². The van der Waals surface area contributed by atoms with Crippen LogP contribution in [0.2, 0.25) is 0 Å². The van der Waals surface area contributed by atoms with Crippen molar-refractivity contribution in [2.75, 3.05) is 12.4 Å². The first-order valence-electron chi connectivity index (χ1n) is 7.91. The number of H-pyrrole nitrogens is 1. The van der Waals surface area contributed by atoms with Gasteiger partial charge in [-0.25, -0.2) is 4.98 Å². The average Bonchev–Trinajstić information content (AvgIpc) is 2.52. The Hall–Kier alpha value is -2.63. The number of carbonyl (C=O) groups is 1. The number of aryl methyl sites for hydroxylation is 2. The molecular weight excluding hydrogens is 306 g/mol. The molecule has 0 saturated heterocycles. The molecule has 1 aromatic heterocycles. The van der Waals surface area contributed by atoms with Crippen LogP contribution in [0.3, 0.4) is 0 Å². The van der Waals surface area contributed by atoms with Gasteiger partial charge in [0.05, 0.1) is 18.4 Å². The second kappa shape index (κ2) is 5.78. The van der Waals surface area contributed by atoms with Gasteiger partial charge < -0.3 is 4.74 Å². The van der Waals surface area contributed by atoms with Gasteiger partial charge in [0.25, 0.3) is 5.56 Å². The first-order chi connectivity index (χ1) is 11.3. The molecule has 2 N–H and O–H groups in total. The number of methoxy groups -OCH3 is 1. The number of aromatic nitrogens is 2. The fourth-order valence-corrected chi connectivity index (χ4v) is 2.73. The van der Waals surface area contributed by atoms with Gasteiger partial charge in [-0.15, -0.1) is 0 Å². The lowest BCUT2D eigenvalue weighted by Crippen LogP contribution is -2.30. The van der Waals surface area contributed by atoms with E-state index in [-0.39, 0.29) is 17.4 Å². The van der Waals surface area contributed by atoms with Crippen LogP contribution in [-0.4, -0.2) is 23.0 Å². The van der Waals surface area contributed by atoms with Crippen LogP contribution in [0.15, 0.2) is 23.0 Å². The third kappa shape index (κ3) is 2.91. The molecule has 6 heteroatoms. The minimum absolute atomic E-state index is 0.188. The fraction of sp³-hybridized carbons (Fsp3) is 0.389. The van der Waals surface area contributed by atoms with E-state index in [0.717, 1.165) is 23.3 Å². The molecule has 0 saturated carbocycles. The SMILES string of the molecule is COc1ccc2c(c1)CCc1nc(NC(=O)C(C)(C)C)[nH]c(=O)c1-2. The number of nitrogens with zero attached hydrogens (tertiary/aromatic N) is 1. The number of fused-ring (bicyclic) bond motifs is 3. The van der Waals surface area contributed by atoms with Crippen molar-refractivity contribution in [2.45, 2.75) is 33.6 Å². The topological polar surface area (TPSA) is 84.1 Å². The summed E-state index contributed by atoms with van der Waals surface area (Å²) in [6.07, 6.45) is 1.43. The lowest BCUT2D eigenvalue weighted by Gasteiger charge is -2.21. The molecular formula is C18H21N3O3. The summed E-state index contributed by atoms with van der Waals surface area (Å²) in [5.74, 6) is 0.790. The van der Waals surface area contributed by atoms with Crippen LogP contribution in [0.4, 0.5) is 5.95 Å². The van der Waals surface area contributed by atoms with Crippen molar-refractivity contribution in [1.82, 2.24) is 9.97 Å². The van der Waals surface area contributed by atoms with Crippen LogP contribution < -0.4 is 15.6 Å². The molecule has 0 fully saturated rings. The second-order valence-corrected chi connectivity index (χ2v) is 6.96. The molecule has 1 heterocycles. The lowest BCUT2D eigenvalue weighted by molar-refractivity contribution is -0.123. The number of ether oxygens (including phenoxy) is 1. The Morgan fingerprint density at radius 1 is 1.29 bits per heavy atom. The zero-order chi connectivity index (χ0) is 17.5. The standard InChI is InChI=1S/C18H21N3O3/c1-18(2,3)16(23)21-17-19-13-8-5-10-9-11(24-4)6-7-12(10)14(13)15(22)20-17/h6-7,9H,5,8H2,1-4H3,(H2,19,20,21,22,23). The van der Waals surface area contributed by atoms with Gasteiger partial charge in [-0.05, 0) is 36.1 Å². The van der Waals surface area contributed by atoms with Gasteiger partial charge in [-0.1, -0.05) is 26.8 Å². The summed E-state index contributed by atoms with van der Waals surface area (Å²) in [7, 11) is 1.62. The van der Waals surface area contributed by atoms with Crippen LogP contribution >= 0.6 is 0 Å². The number of hydrogen-bond acceptors (Lipinski definition) is 4. The molecule has 126 valence electrons. The Labute approximate surface area is 140 Å². The molecule has 0 unspecified atom stereocenters. The van der Waals surface area contributed by atoms with Crippen LogP contribution in [0.5, 0.6) is 5.75 Å². The lowest BCUT2D eigenvalue weighted by atomic mass is 9.89. The van der Waals surface area contributed by atoms with Gasteiger partial charge in [0.15, 0.2) is 0 Å². The molecule has 3 rings (SSSR count). The molecule has 1 aliphatic carbocycles. The largest absolute Gasteiger partial charge is 0.497 e. The van der Waals surface area contributed by atoms with Gasteiger partial charge in [0, 0.05) is 5.41 Å². The highest BCUT2D eigenvalue weighted by atomic mass is 16.5. The maximum Gasteiger partial charge on any atom is 0.260 e. The van der Waals surface area contributed by atoms with Gasteiger partial charge in [-0.2, -0.15) is 0 Å². The van der Waals surface area contributed by atoms with Gasteiger partial charge in [-0.3, -0.25) is 19.9 Å². The predicted molar refractivity (Wildman–Crippen MR) is 92.3 cm³/mol. The van der Waals surface area contributed by atoms with Crippen molar-refractivity contribution in [1.29, 1.82) is 0 Å². The van der Waals surface area contributed by atoms with E-state index in [1.165, 1.54) is 0 Å². The Kier molecular flexibility index (Phi) is 3.91. The molecule has 0 aliphatic heterocycles. The zero-order valence-electron chi connectivity index (χ0n) is 14.3. The number of carbonyl (C=O) groups excluding carboxylic acids is 1. The van der Waals surface area contributed by atoms with E-state index in [1.807, 2.05) is 39.0 Å². The predicted octanol–water partition coefficient (Wildman–Crippen LogP) is 2.53. The molecule has 0 radical (unpaired) electrons. The van der Waals surface area contributed by atoms with Crippen molar-refractivity contribution >= 4 is 11.9 Å². The number of aromatic amines is 1. The van der Waals surface area contributed by atoms with Crippen LogP contribution in [0.1, 0.15) is 32.0 Å². The summed E-state index contributed by atoms with van der Waals surface area (Å²) in [4.78, 5) is 31.8. The molecule has 24 heavy (non-hydrogen) atoms. The molecule has 6 nitrogen and oxygen atoms in total. The zero-order valence-corrected chi connectivity index (χ0v) is 14.3. The second-order valence-electron chi connectivity index (χ2n) is 6.96. The molecule has 0 bridgehead atoms. The number of rotatable bonds is 2. The molecule has 0 atom stereocenters. The minimum atomic E-state index is -0.558. The van der Waals surface area contributed by atoms with Crippen molar-refractivity contribution in [3.63, 3.8) is 0 Å².